The third-order valence-electron chi connectivity index (χ3n) is 3.15. The second kappa shape index (κ2) is 5.20. The normalized spacial score (nSPS) is 16.6. The number of nitrogens with zero attached hydrogens (tertiary/aromatic N) is 1. The summed E-state index contributed by atoms with van der Waals surface area (Å²) in [5, 5.41) is 0. The van der Waals surface area contributed by atoms with Crippen molar-refractivity contribution >= 4 is 27.2 Å². The summed E-state index contributed by atoms with van der Waals surface area (Å²) < 4.78 is 24.1. The first-order chi connectivity index (χ1) is 9.40. The molecular formula is C14H15NO4S. The Morgan fingerprint density at radius 3 is 2.75 bits per heavy atom. The number of hydrogen-bond donors (Lipinski definition) is 0. The van der Waals surface area contributed by atoms with Gasteiger partial charge in [0.15, 0.2) is 15.6 Å². The van der Waals surface area contributed by atoms with Crippen LogP contribution in [-0.4, -0.2) is 32.4 Å². The number of benzene rings is 1. The van der Waals surface area contributed by atoms with Crippen LogP contribution in [0.15, 0.2) is 35.7 Å². The second-order valence-electron chi connectivity index (χ2n) is 4.51. The van der Waals surface area contributed by atoms with E-state index in [1.165, 1.54) is 29.2 Å². The van der Waals surface area contributed by atoms with Gasteiger partial charge in [-0.15, -0.1) is 6.58 Å². The molecule has 0 unspecified atom stereocenters. The van der Waals surface area contributed by atoms with Gasteiger partial charge >= 0.3 is 0 Å². The van der Waals surface area contributed by atoms with Crippen LogP contribution < -0.4 is 4.90 Å². The van der Waals surface area contributed by atoms with E-state index in [9.17, 15) is 18.0 Å². The molecule has 0 aliphatic carbocycles. The van der Waals surface area contributed by atoms with Gasteiger partial charge in [0.05, 0.1) is 10.6 Å². The van der Waals surface area contributed by atoms with Gasteiger partial charge in [0.1, 0.15) is 5.75 Å². The first kappa shape index (κ1) is 14.5. The minimum atomic E-state index is -3.63. The van der Waals surface area contributed by atoms with Crippen LogP contribution in [0, 0.1) is 0 Å². The summed E-state index contributed by atoms with van der Waals surface area (Å²) in [6, 6.07) is 4.36. The number of carbonyl (C=O) groups excluding carboxylic acids is 2. The monoisotopic (exact) mass is 293 g/mol. The predicted octanol–water partition coefficient (Wildman–Crippen LogP) is 1.59. The Morgan fingerprint density at radius 1 is 1.45 bits per heavy atom. The number of rotatable bonds is 4. The first-order valence-electron chi connectivity index (χ1n) is 6.22. The Balaban J connectivity index is 2.65. The van der Waals surface area contributed by atoms with Crippen molar-refractivity contribution in [2.24, 2.45) is 0 Å². The van der Waals surface area contributed by atoms with Crippen molar-refractivity contribution in [3.63, 3.8) is 0 Å². The SMILES string of the molecule is C=CCN1C(=O)CS(=O)(=O)c2ccc(C(=O)CC)cc21. The van der Waals surface area contributed by atoms with Gasteiger partial charge in [-0.25, -0.2) is 8.42 Å². The lowest BCUT2D eigenvalue weighted by atomic mass is 10.1. The summed E-state index contributed by atoms with van der Waals surface area (Å²) in [5.41, 5.74) is 0.672. The maximum absolute atomic E-state index is 12.0. The van der Waals surface area contributed by atoms with Gasteiger partial charge in [0, 0.05) is 18.5 Å². The molecule has 1 aromatic rings. The fourth-order valence-corrected chi connectivity index (χ4v) is 3.55. The summed E-state index contributed by atoms with van der Waals surface area (Å²) in [5.74, 6) is -1.14. The number of hydrogen-bond acceptors (Lipinski definition) is 4. The van der Waals surface area contributed by atoms with Gasteiger partial charge in [0.2, 0.25) is 5.91 Å². The Kier molecular flexibility index (Phi) is 3.76. The van der Waals surface area contributed by atoms with Crippen molar-refractivity contribution in [1.82, 2.24) is 0 Å². The molecule has 1 aromatic carbocycles. The van der Waals surface area contributed by atoms with E-state index in [1.54, 1.807) is 6.92 Å². The Hall–Kier alpha value is -1.95. The van der Waals surface area contributed by atoms with E-state index < -0.39 is 21.5 Å². The van der Waals surface area contributed by atoms with Crippen LogP contribution in [0.1, 0.15) is 23.7 Å². The van der Waals surface area contributed by atoms with E-state index in [4.69, 9.17) is 0 Å². The Bertz CT molecular complexity index is 691. The van der Waals surface area contributed by atoms with E-state index in [2.05, 4.69) is 6.58 Å². The molecule has 1 amide bonds. The van der Waals surface area contributed by atoms with Gasteiger partial charge in [0.25, 0.3) is 0 Å². The highest BCUT2D eigenvalue weighted by Gasteiger charge is 2.34. The van der Waals surface area contributed by atoms with Crippen LogP contribution in [-0.2, 0) is 14.6 Å². The molecule has 5 nitrogen and oxygen atoms in total. The van der Waals surface area contributed by atoms with E-state index in [-0.39, 0.29) is 22.9 Å². The fourth-order valence-electron chi connectivity index (χ4n) is 2.15. The highest BCUT2D eigenvalue weighted by Crippen LogP contribution is 2.32. The molecule has 0 atom stereocenters. The van der Waals surface area contributed by atoms with Gasteiger partial charge in [-0.2, -0.15) is 0 Å². The van der Waals surface area contributed by atoms with Crippen molar-refractivity contribution in [1.29, 1.82) is 0 Å². The third-order valence-corrected chi connectivity index (χ3v) is 4.80. The molecule has 0 bridgehead atoms. The zero-order chi connectivity index (χ0) is 14.9. The summed E-state index contributed by atoms with van der Waals surface area (Å²) in [6.07, 6.45) is 1.84. The van der Waals surface area contributed by atoms with Gasteiger partial charge in [-0.1, -0.05) is 13.0 Å². The first-order valence-corrected chi connectivity index (χ1v) is 7.87. The van der Waals surface area contributed by atoms with Crippen molar-refractivity contribution < 1.29 is 18.0 Å². The summed E-state index contributed by atoms with van der Waals surface area (Å²) >= 11 is 0. The number of ketones is 1. The molecular weight excluding hydrogens is 278 g/mol. The molecule has 0 aromatic heterocycles. The molecule has 0 saturated heterocycles. The average Bonchev–Trinajstić information content (AvgIpc) is 2.41. The third kappa shape index (κ3) is 2.38. The van der Waals surface area contributed by atoms with E-state index >= 15 is 0 Å². The smallest absolute Gasteiger partial charge is 0.242 e. The second-order valence-corrected chi connectivity index (χ2v) is 6.47. The van der Waals surface area contributed by atoms with E-state index in [0.29, 0.717) is 12.0 Å². The largest absolute Gasteiger partial charge is 0.306 e. The Morgan fingerprint density at radius 2 is 2.15 bits per heavy atom. The van der Waals surface area contributed by atoms with Crippen LogP contribution in [0.3, 0.4) is 0 Å². The quantitative estimate of drug-likeness (QED) is 0.624. The van der Waals surface area contributed by atoms with Crippen molar-refractivity contribution in [3.8, 4) is 0 Å². The zero-order valence-corrected chi connectivity index (χ0v) is 11.9. The molecule has 6 heteroatoms. The number of amides is 1. The molecule has 0 fully saturated rings. The van der Waals surface area contributed by atoms with Gasteiger partial charge in [-0.3, -0.25) is 9.59 Å². The highest BCUT2D eigenvalue weighted by atomic mass is 32.2. The number of fused-ring (bicyclic) bond motifs is 1. The number of sulfone groups is 1. The number of anilines is 1. The zero-order valence-electron chi connectivity index (χ0n) is 11.1. The maximum atomic E-state index is 12.0. The summed E-state index contributed by atoms with van der Waals surface area (Å²) in [6.45, 7) is 5.50. The lowest BCUT2D eigenvalue weighted by Crippen LogP contribution is -2.41. The molecule has 106 valence electrons. The fraction of sp³-hybridized carbons (Fsp3) is 0.286. The molecule has 0 N–H and O–H groups in total. The molecule has 0 spiro atoms. The van der Waals surface area contributed by atoms with Crippen LogP contribution in [0.25, 0.3) is 0 Å². The van der Waals surface area contributed by atoms with Gasteiger partial charge in [-0.05, 0) is 18.2 Å². The van der Waals surface area contributed by atoms with Crippen LogP contribution in [0.2, 0.25) is 0 Å². The van der Waals surface area contributed by atoms with Gasteiger partial charge < -0.3 is 4.90 Å². The predicted molar refractivity (Wildman–Crippen MR) is 75.7 cm³/mol. The molecule has 0 saturated carbocycles. The van der Waals surface area contributed by atoms with Crippen LogP contribution in [0.4, 0.5) is 5.69 Å². The molecule has 1 heterocycles. The topological polar surface area (TPSA) is 71.5 Å². The van der Waals surface area contributed by atoms with Crippen LogP contribution in [0.5, 0.6) is 0 Å². The molecule has 1 aliphatic rings. The van der Waals surface area contributed by atoms with Crippen molar-refractivity contribution in [3.05, 3.63) is 36.4 Å². The Labute approximate surface area is 117 Å². The number of Topliss-reactive ketones (excluding diaryl/α,β-unsaturated/α-hetero) is 1. The summed E-state index contributed by atoms with van der Waals surface area (Å²) in [4.78, 5) is 25.1. The summed E-state index contributed by atoms with van der Waals surface area (Å²) in [7, 11) is -3.63. The van der Waals surface area contributed by atoms with E-state index in [1.807, 2.05) is 0 Å². The lowest BCUT2D eigenvalue weighted by Gasteiger charge is -2.28. The number of carbonyl (C=O) groups is 2. The van der Waals surface area contributed by atoms with Crippen LogP contribution >= 0.6 is 0 Å². The molecule has 2 rings (SSSR count). The molecule has 1 aliphatic heterocycles. The van der Waals surface area contributed by atoms with E-state index in [0.717, 1.165) is 0 Å². The molecule has 20 heavy (non-hydrogen) atoms. The standard InChI is InChI=1S/C14H15NO4S/c1-3-7-15-11-8-10(12(16)4-2)5-6-13(11)20(18,19)9-14(15)17/h3,5-6,8H,1,4,7,9H2,2H3. The maximum Gasteiger partial charge on any atom is 0.242 e. The van der Waals surface area contributed by atoms with Crippen molar-refractivity contribution in [2.75, 3.05) is 17.2 Å². The minimum Gasteiger partial charge on any atom is -0.306 e. The lowest BCUT2D eigenvalue weighted by molar-refractivity contribution is -0.116. The molecule has 0 radical (unpaired) electrons. The minimum absolute atomic E-state index is 0.0894. The highest BCUT2D eigenvalue weighted by molar-refractivity contribution is 7.92. The van der Waals surface area contributed by atoms with Crippen molar-refractivity contribution in [2.45, 2.75) is 18.2 Å². The average molecular weight is 293 g/mol.